The van der Waals surface area contributed by atoms with Crippen molar-refractivity contribution in [3.8, 4) is 0 Å². The van der Waals surface area contributed by atoms with Crippen molar-refractivity contribution in [3.63, 3.8) is 0 Å². The normalized spacial score (nSPS) is 26.7. The van der Waals surface area contributed by atoms with Crippen molar-refractivity contribution in [1.82, 2.24) is 10.2 Å². The zero-order valence-corrected chi connectivity index (χ0v) is 12.4. The minimum atomic E-state index is -0.713. The molecule has 4 heteroatoms. The molecular weight excluding hydrogens is 264 g/mol. The second-order valence-corrected chi connectivity index (χ2v) is 6.38. The number of hydrogen-bond acceptors (Lipinski definition) is 3. The Balaban J connectivity index is 1.35. The molecule has 2 aliphatic rings. The molecule has 0 aromatic heterocycles. The molecule has 114 valence electrons. The summed E-state index contributed by atoms with van der Waals surface area (Å²) in [6, 6.07) is 11.4. The van der Waals surface area contributed by atoms with Gasteiger partial charge in [-0.2, -0.15) is 0 Å². The Morgan fingerprint density at radius 3 is 2.62 bits per heavy atom. The van der Waals surface area contributed by atoms with Crippen LogP contribution in [0.5, 0.6) is 0 Å². The van der Waals surface area contributed by atoms with Gasteiger partial charge in [-0.25, -0.2) is 0 Å². The Kier molecular flexibility index (Phi) is 4.56. The fourth-order valence-corrected chi connectivity index (χ4v) is 3.35. The molecule has 0 spiro atoms. The SMILES string of the molecule is O=C(O)CN1CCC(CNC2C[C@@H]2c2ccccc2)CC1. The highest BCUT2D eigenvalue weighted by atomic mass is 16.4. The molecule has 1 heterocycles. The van der Waals surface area contributed by atoms with Gasteiger partial charge in [-0.15, -0.1) is 0 Å². The van der Waals surface area contributed by atoms with Crippen molar-refractivity contribution < 1.29 is 9.90 Å². The summed E-state index contributed by atoms with van der Waals surface area (Å²) in [7, 11) is 0. The Morgan fingerprint density at radius 1 is 1.24 bits per heavy atom. The lowest BCUT2D eigenvalue weighted by molar-refractivity contribution is -0.138. The van der Waals surface area contributed by atoms with E-state index < -0.39 is 5.97 Å². The summed E-state index contributed by atoms with van der Waals surface area (Å²) in [5, 5.41) is 12.5. The first-order valence-corrected chi connectivity index (χ1v) is 7.95. The quantitative estimate of drug-likeness (QED) is 0.840. The molecule has 3 rings (SSSR count). The van der Waals surface area contributed by atoms with Gasteiger partial charge in [0, 0.05) is 12.0 Å². The summed E-state index contributed by atoms with van der Waals surface area (Å²) in [4.78, 5) is 12.7. The van der Waals surface area contributed by atoms with Gasteiger partial charge in [0.25, 0.3) is 0 Å². The highest BCUT2D eigenvalue weighted by Gasteiger charge is 2.38. The van der Waals surface area contributed by atoms with E-state index in [2.05, 4.69) is 35.6 Å². The van der Waals surface area contributed by atoms with Crippen LogP contribution in [0, 0.1) is 5.92 Å². The van der Waals surface area contributed by atoms with Crippen LogP contribution in [0.4, 0.5) is 0 Å². The van der Waals surface area contributed by atoms with Crippen LogP contribution in [-0.2, 0) is 4.79 Å². The molecule has 1 aliphatic carbocycles. The van der Waals surface area contributed by atoms with E-state index in [0.29, 0.717) is 17.9 Å². The van der Waals surface area contributed by atoms with Crippen LogP contribution >= 0.6 is 0 Å². The van der Waals surface area contributed by atoms with Gasteiger partial charge in [0.2, 0.25) is 0 Å². The number of likely N-dealkylation sites (tertiary alicyclic amines) is 1. The monoisotopic (exact) mass is 288 g/mol. The van der Waals surface area contributed by atoms with Gasteiger partial charge in [0.1, 0.15) is 0 Å². The Morgan fingerprint density at radius 2 is 1.95 bits per heavy atom. The Hall–Kier alpha value is -1.39. The van der Waals surface area contributed by atoms with E-state index in [1.807, 2.05) is 4.90 Å². The molecule has 1 aliphatic heterocycles. The summed E-state index contributed by atoms with van der Waals surface area (Å²) in [6.07, 6.45) is 3.48. The van der Waals surface area contributed by atoms with Crippen molar-refractivity contribution >= 4 is 5.97 Å². The molecule has 0 radical (unpaired) electrons. The Labute approximate surface area is 126 Å². The van der Waals surface area contributed by atoms with Crippen molar-refractivity contribution in [2.24, 2.45) is 5.92 Å². The number of carboxylic acid groups (broad SMARTS) is 1. The van der Waals surface area contributed by atoms with E-state index >= 15 is 0 Å². The lowest BCUT2D eigenvalue weighted by Crippen LogP contribution is -2.40. The van der Waals surface area contributed by atoms with E-state index in [1.54, 1.807) is 0 Å². The first-order chi connectivity index (χ1) is 10.2. The smallest absolute Gasteiger partial charge is 0.317 e. The summed E-state index contributed by atoms with van der Waals surface area (Å²) < 4.78 is 0. The minimum Gasteiger partial charge on any atom is -0.480 e. The number of carboxylic acids is 1. The topological polar surface area (TPSA) is 52.6 Å². The highest BCUT2D eigenvalue weighted by molar-refractivity contribution is 5.69. The minimum absolute atomic E-state index is 0.193. The van der Waals surface area contributed by atoms with Crippen LogP contribution in [0.2, 0.25) is 0 Å². The predicted octanol–water partition coefficient (Wildman–Crippen LogP) is 1.93. The van der Waals surface area contributed by atoms with E-state index in [0.717, 1.165) is 32.5 Å². The first-order valence-electron chi connectivity index (χ1n) is 7.95. The van der Waals surface area contributed by atoms with Gasteiger partial charge in [-0.1, -0.05) is 30.3 Å². The van der Waals surface area contributed by atoms with Gasteiger partial charge in [-0.3, -0.25) is 9.69 Å². The second kappa shape index (κ2) is 6.58. The zero-order valence-electron chi connectivity index (χ0n) is 12.4. The third-order valence-electron chi connectivity index (χ3n) is 4.75. The molecule has 4 nitrogen and oxygen atoms in total. The predicted molar refractivity (Wildman–Crippen MR) is 82.4 cm³/mol. The molecule has 21 heavy (non-hydrogen) atoms. The fraction of sp³-hybridized carbons (Fsp3) is 0.588. The van der Waals surface area contributed by atoms with Gasteiger partial charge in [0.15, 0.2) is 0 Å². The number of benzene rings is 1. The van der Waals surface area contributed by atoms with Crippen LogP contribution in [0.1, 0.15) is 30.7 Å². The first kappa shape index (κ1) is 14.5. The molecule has 0 bridgehead atoms. The summed E-state index contributed by atoms with van der Waals surface area (Å²) in [5.74, 6) is 0.681. The maximum atomic E-state index is 10.7. The van der Waals surface area contributed by atoms with Crippen LogP contribution in [0.15, 0.2) is 30.3 Å². The van der Waals surface area contributed by atoms with Crippen LogP contribution in [-0.4, -0.2) is 48.2 Å². The van der Waals surface area contributed by atoms with Crippen molar-refractivity contribution in [2.45, 2.75) is 31.2 Å². The van der Waals surface area contributed by atoms with Gasteiger partial charge < -0.3 is 10.4 Å². The van der Waals surface area contributed by atoms with Crippen LogP contribution < -0.4 is 5.32 Å². The third kappa shape index (κ3) is 4.05. The number of hydrogen-bond donors (Lipinski definition) is 2. The molecule has 1 aromatic carbocycles. The largest absolute Gasteiger partial charge is 0.480 e. The highest BCUT2D eigenvalue weighted by Crippen LogP contribution is 2.40. The average molecular weight is 288 g/mol. The van der Waals surface area contributed by atoms with E-state index in [1.165, 1.54) is 12.0 Å². The number of carbonyl (C=O) groups is 1. The number of rotatable bonds is 6. The van der Waals surface area contributed by atoms with Gasteiger partial charge >= 0.3 is 5.97 Å². The summed E-state index contributed by atoms with van der Waals surface area (Å²) >= 11 is 0. The average Bonchev–Trinajstić information content (AvgIpc) is 3.27. The fourth-order valence-electron chi connectivity index (χ4n) is 3.35. The third-order valence-corrected chi connectivity index (χ3v) is 4.75. The maximum Gasteiger partial charge on any atom is 0.317 e. The maximum absolute atomic E-state index is 10.7. The van der Waals surface area contributed by atoms with Crippen molar-refractivity contribution in [2.75, 3.05) is 26.2 Å². The zero-order chi connectivity index (χ0) is 14.7. The molecule has 0 amide bonds. The number of aliphatic carboxylic acids is 1. The van der Waals surface area contributed by atoms with Crippen molar-refractivity contribution in [3.05, 3.63) is 35.9 Å². The second-order valence-electron chi connectivity index (χ2n) is 6.38. The lowest BCUT2D eigenvalue weighted by Gasteiger charge is -2.30. The van der Waals surface area contributed by atoms with E-state index in [4.69, 9.17) is 5.11 Å². The molecule has 2 fully saturated rings. The van der Waals surface area contributed by atoms with Crippen molar-refractivity contribution in [1.29, 1.82) is 0 Å². The molecular formula is C17H24N2O2. The summed E-state index contributed by atoms with van der Waals surface area (Å²) in [5.41, 5.74) is 1.45. The molecule has 2 N–H and O–H groups in total. The van der Waals surface area contributed by atoms with E-state index in [9.17, 15) is 4.79 Å². The van der Waals surface area contributed by atoms with E-state index in [-0.39, 0.29) is 6.54 Å². The molecule has 2 atom stereocenters. The molecule has 1 unspecified atom stereocenters. The number of nitrogens with zero attached hydrogens (tertiary/aromatic N) is 1. The van der Waals surface area contributed by atoms with Gasteiger partial charge in [-0.05, 0) is 50.4 Å². The molecule has 1 aromatic rings. The number of piperidine rings is 1. The van der Waals surface area contributed by atoms with Crippen LogP contribution in [0.25, 0.3) is 0 Å². The summed E-state index contributed by atoms with van der Waals surface area (Å²) in [6.45, 7) is 3.12. The Bertz CT molecular complexity index is 469. The standard InChI is InChI=1S/C17H24N2O2/c20-17(21)12-19-8-6-13(7-9-19)11-18-16-10-15(16)14-4-2-1-3-5-14/h1-5,13,15-16,18H,6-12H2,(H,20,21)/t15-,16?/m1/s1. The van der Waals surface area contributed by atoms with Gasteiger partial charge in [0.05, 0.1) is 6.54 Å². The lowest BCUT2D eigenvalue weighted by atomic mass is 9.96. The molecule has 1 saturated carbocycles. The molecule has 1 saturated heterocycles. The number of nitrogens with one attached hydrogen (secondary N) is 1. The van der Waals surface area contributed by atoms with Crippen LogP contribution in [0.3, 0.4) is 0 Å².